The van der Waals surface area contributed by atoms with Crippen LogP contribution in [0, 0.1) is 5.82 Å². The smallest absolute Gasteiger partial charge is 0.274 e. The molecule has 0 fully saturated rings. The second kappa shape index (κ2) is 7.17. The molecule has 0 aliphatic rings. The Morgan fingerprint density at radius 2 is 1.81 bits per heavy atom. The minimum absolute atomic E-state index is 0.285. The first-order valence-corrected chi connectivity index (χ1v) is 8.11. The van der Waals surface area contributed by atoms with Crippen molar-refractivity contribution in [3.05, 3.63) is 84.4 Å². The summed E-state index contributed by atoms with van der Waals surface area (Å²) in [5.41, 5.74) is 2.19. The van der Waals surface area contributed by atoms with Crippen molar-refractivity contribution in [2.75, 3.05) is 5.32 Å². The number of benzene rings is 2. The SMILES string of the molecule is O=C(Nc1cccc(-c2noc(-c3ccc(F)cc3)n2)c1)c1ccccn1. The monoisotopic (exact) mass is 360 g/mol. The maximum atomic E-state index is 13.0. The van der Waals surface area contributed by atoms with Crippen molar-refractivity contribution in [1.82, 2.24) is 15.1 Å². The summed E-state index contributed by atoms with van der Waals surface area (Å²) in [5.74, 6) is -0.00103. The molecular formula is C20H13FN4O2. The minimum atomic E-state index is -0.338. The fourth-order valence-corrected chi connectivity index (χ4v) is 2.48. The number of halogens is 1. The fraction of sp³-hybridized carbons (Fsp3) is 0. The van der Waals surface area contributed by atoms with Gasteiger partial charge in [-0.15, -0.1) is 0 Å². The molecule has 1 amide bonds. The summed E-state index contributed by atoms with van der Waals surface area (Å²) in [7, 11) is 0. The quantitative estimate of drug-likeness (QED) is 0.590. The van der Waals surface area contributed by atoms with Crippen LogP contribution in [0.2, 0.25) is 0 Å². The topological polar surface area (TPSA) is 80.9 Å². The molecule has 132 valence electrons. The van der Waals surface area contributed by atoms with Crippen molar-refractivity contribution < 1.29 is 13.7 Å². The molecule has 27 heavy (non-hydrogen) atoms. The third kappa shape index (κ3) is 3.72. The largest absolute Gasteiger partial charge is 0.334 e. The Hall–Kier alpha value is -3.87. The van der Waals surface area contributed by atoms with Crippen LogP contribution in [-0.4, -0.2) is 21.0 Å². The number of amides is 1. The van der Waals surface area contributed by atoms with Gasteiger partial charge >= 0.3 is 0 Å². The number of hydrogen-bond acceptors (Lipinski definition) is 5. The average Bonchev–Trinajstić information content (AvgIpc) is 3.20. The van der Waals surface area contributed by atoms with E-state index >= 15 is 0 Å². The molecule has 7 heteroatoms. The van der Waals surface area contributed by atoms with Crippen LogP contribution in [-0.2, 0) is 0 Å². The molecule has 2 heterocycles. The van der Waals surface area contributed by atoms with E-state index in [1.165, 1.54) is 12.1 Å². The first-order chi connectivity index (χ1) is 13.2. The van der Waals surface area contributed by atoms with Gasteiger partial charge in [0.2, 0.25) is 5.82 Å². The lowest BCUT2D eigenvalue weighted by Gasteiger charge is -2.05. The molecule has 0 radical (unpaired) electrons. The lowest BCUT2D eigenvalue weighted by Crippen LogP contribution is -2.13. The van der Waals surface area contributed by atoms with E-state index in [0.29, 0.717) is 28.3 Å². The second-order valence-corrected chi connectivity index (χ2v) is 5.68. The number of rotatable bonds is 4. The van der Waals surface area contributed by atoms with Crippen LogP contribution in [0.25, 0.3) is 22.8 Å². The van der Waals surface area contributed by atoms with E-state index in [-0.39, 0.29) is 17.6 Å². The maximum Gasteiger partial charge on any atom is 0.274 e. The zero-order valence-corrected chi connectivity index (χ0v) is 14.0. The summed E-state index contributed by atoms with van der Waals surface area (Å²) < 4.78 is 18.3. The van der Waals surface area contributed by atoms with Crippen molar-refractivity contribution in [3.8, 4) is 22.8 Å². The Morgan fingerprint density at radius 1 is 0.963 bits per heavy atom. The van der Waals surface area contributed by atoms with Gasteiger partial charge in [-0.3, -0.25) is 9.78 Å². The van der Waals surface area contributed by atoms with Gasteiger partial charge in [0.05, 0.1) is 0 Å². The molecule has 0 atom stereocenters. The molecular weight excluding hydrogens is 347 g/mol. The molecule has 0 saturated carbocycles. The minimum Gasteiger partial charge on any atom is -0.334 e. The Kier molecular flexibility index (Phi) is 4.40. The van der Waals surface area contributed by atoms with Crippen LogP contribution in [0.5, 0.6) is 0 Å². The molecule has 0 aliphatic carbocycles. The van der Waals surface area contributed by atoms with Crippen molar-refractivity contribution in [1.29, 1.82) is 0 Å². The van der Waals surface area contributed by atoms with E-state index in [0.717, 1.165) is 0 Å². The number of pyridine rings is 1. The van der Waals surface area contributed by atoms with Gasteiger partial charge < -0.3 is 9.84 Å². The molecule has 6 nitrogen and oxygen atoms in total. The van der Waals surface area contributed by atoms with Crippen LogP contribution < -0.4 is 5.32 Å². The van der Waals surface area contributed by atoms with E-state index in [1.807, 2.05) is 0 Å². The highest BCUT2D eigenvalue weighted by Gasteiger charge is 2.12. The highest BCUT2D eigenvalue weighted by molar-refractivity contribution is 6.03. The number of anilines is 1. The summed E-state index contributed by atoms with van der Waals surface area (Å²) in [6.45, 7) is 0. The van der Waals surface area contributed by atoms with E-state index in [2.05, 4.69) is 20.4 Å². The zero-order valence-electron chi connectivity index (χ0n) is 14.0. The van der Waals surface area contributed by atoms with E-state index in [1.54, 1.807) is 60.8 Å². The molecule has 2 aromatic carbocycles. The van der Waals surface area contributed by atoms with Gasteiger partial charge in [0.15, 0.2) is 0 Å². The summed E-state index contributed by atoms with van der Waals surface area (Å²) in [4.78, 5) is 20.6. The number of carbonyl (C=O) groups is 1. The van der Waals surface area contributed by atoms with E-state index in [9.17, 15) is 9.18 Å². The molecule has 0 saturated heterocycles. The highest BCUT2D eigenvalue weighted by Crippen LogP contribution is 2.24. The number of nitrogens with zero attached hydrogens (tertiary/aromatic N) is 3. The molecule has 0 bridgehead atoms. The molecule has 2 aromatic heterocycles. The Balaban J connectivity index is 1.56. The predicted molar refractivity (Wildman–Crippen MR) is 97.3 cm³/mol. The Labute approximate surface area is 153 Å². The maximum absolute atomic E-state index is 13.0. The van der Waals surface area contributed by atoms with Gasteiger partial charge in [-0.2, -0.15) is 4.98 Å². The first kappa shape index (κ1) is 16.6. The van der Waals surface area contributed by atoms with Crippen LogP contribution in [0.3, 0.4) is 0 Å². The molecule has 0 spiro atoms. The third-order valence-electron chi connectivity index (χ3n) is 3.79. The number of aromatic nitrogens is 3. The summed E-state index contributed by atoms with van der Waals surface area (Å²) in [6, 6.07) is 18.0. The lowest BCUT2D eigenvalue weighted by molar-refractivity contribution is 0.102. The molecule has 4 aromatic rings. The van der Waals surface area contributed by atoms with Gasteiger partial charge in [0.1, 0.15) is 11.5 Å². The normalized spacial score (nSPS) is 10.6. The number of carbonyl (C=O) groups excluding carboxylic acids is 1. The first-order valence-electron chi connectivity index (χ1n) is 8.11. The van der Waals surface area contributed by atoms with E-state index in [4.69, 9.17) is 4.52 Å². The molecule has 0 unspecified atom stereocenters. The number of hydrogen-bond donors (Lipinski definition) is 1. The van der Waals surface area contributed by atoms with Crippen molar-refractivity contribution in [3.63, 3.8) is 0 Å². The zero-order chi connectivity index (χ0) is 18.6. The average molecular weight is 360 g/mol. The predicted octanol–water partition coefficient (Wildman–Crippen LogP) is 4.19. The van der Waals surface area contributed by atoms with Gasteiger partial charge in [0, 0.05) is 23.0 Å². The van der Waals surface area contributed by atoms with Gasteiger partial charge in [0.25, 0.3) is 11.8 Å². The van der Waals surface area contributed by atoms with Crippen molar-refractivity contribution in [2.45, 2.75) is 0 Å². The van der Waals surface area contributed by atoms with Gasteiger partial charge in [-0.05, 0) is 48.5 Å². The number of nitrogens with one attached hydrogen (secondary N) is 1. The summed E-state index contributed by atoms with van der Waals surface area (Å²) in [5, 5.41) is 6.74. The van der Waals surface area contributed by atoms with E-state index < -0.39 is 0 Å². The lowest BCUT2D eigenvalue weighted by atomic mass is 10.2. The highest BCUT2D eigenvalue weighted by atomic mass is 19.1. The van der Waals surface area contributed by atoms with Gasteiger partial charge in [-0.25, -0.2) is 4.39 Å². The van der Waals surface area contributed by atoms with Gasteiger partial charge in [-0.1, -0.05) is 23.4 Å². The molecule has 4 rings (SSSR count). The summed E-state index contributed by atoms with van der Waals surface area (Å²) >= 11 is 0. The van der Waals surface area contributed by atoms with Crippen LogP contribution in [0.15, 0.2) is 77.4 Å². The van der Waals surface area contributed by atoms with Crippen LogP contribution in [0.1, 0.15) is 10.5 Å². The Morgan fingerprint density at radius 3 is 2.59 bits per heavy atom. The van der Waals surface area contributed by atoms with Crippen LogP contribution in [0.4, 0.5) is 10.1 Å². The molecule has 0 aliphatic heterocycles. The summed E-state index contributed by atoms with van der Waals surface area (Å²) in [6.07, 6.45) is 1.56. The fourth-order valence-electron chi connectivity index (χ4n) is 2.48. The van der Waals surface area contributed by atoms with Crippen LogP contribution >= 0.6 is 0 Å². The third-order valence-corrected chi connectivity index (χ3v) is 3.79. The second-order valence-electron chi connectivity index (χ2n) is 5.68. The Bertz CT molecular complexity index is 1080. The van der Waals surface area contributed by atoms with Crippen molar-refractivity contribution in [2.24, 2.45) is 0 Å². The standard InChI is InChI=1S/C20H13FN4O2/c21-15-9-7-13(8-10-15)20-24-18(25-27-20)14-4-3-5-16(12-14)23-19(26)17-6-1-2-11-22-17/h1-12H,(H,23,26). The molecule has 1 N–H and O–H groups in total. The van der Waals surface area contributed by atoms with Crippen molar-refractivity contribution >= 4 is 11.6 Å².